The molecule has 6 heteroatoms. The van der Waals surface area contributed by atoms with Crippen LogP contribution in [0.15, 0.2) is 18.5 Å². The lowest BCUT2D eigenvalue weighted by Gasteiger charge is -2.20. The van der Waals surface area contributed by atoms with E-state index < -0.39 is 23.1 Å². The van der Waals surface area contributed by atoms with E-state index in [2.05, 4.69) is 4.98 Å². The summed E-state index contributed by atoms with van der Waals surface area (Å²) in [6, 6.07) is 1.30. The topological polar surface area (TPSA) is 70.5 Å². The first kappa shape index (κ1) is 12.5. The molecule has 0 aliphatic carbocycles. The second-order valence-electron chi connectivity index (χ2n) is 4.70. The smallest absolute Gasteiger partial charge is 0.311 e. The van der Waals surface area contributed by atoms with Gasteiger partial charge in [-0.05, 0) is 19.4 Å². The van der Waals surface area contributed by atoms with Crippen molar-refractivity contribution in [1.82, 2.24) is 9.88 Å². The Morgan fingerprint density at radius 2 is 2.28 bits per heavy atom. The van der Waals surface area contributed by atoms with Crippen molar-refractivity contribution in [3.8, 4) is 0 Å². The van der Waals surface area contributed by atoms with Crippen molar-refractivity contribution in [1.29, 1.82) is 0 Å². The zero-order valence-electron chi connectivity index (χ0n) is 9.89. The molecule has 1 amide bonds. The lowest BCUT2D eigenvalue weighted by Crippen LogP contribution is -2.35. The zero-order chi connectivity index (χ0) is 13.3. The Hall–Kier alpha value is -1.98. The summed E-state index contributed by atoms with van der Waals surface area (Å²) in [6.45, 7) is 2.01. The Balaban J connectivity index is 2.18. The number of hydrogen-bond acceptors (Lipinski definition) is 3. The Morgan fingerprint density at radius 3 is 2.83 bits per heavy atom. The number of carbonyl (C=O) groups excluding carboxylic acids is 1. The largest absolute Gasteiger partial charge is 0.481 e. The van der Waals surface area contributed by atoms with Gasteiger partial charge in [0.25, 0.3) is 5.91 Å². The normalized spacial score (nSPS) is 23.1. The minimum Gasteiger partial charge on any atom is -0.481 e. The van der Waals surface area contributed by atoms with Crippen LogP contribution in [0.2, 0.25) is 0 Å². The number of carbonyl (C=O) groups is 2. The van der Waals surface area contributed by atoms with E-state index in [0.717, 1.165) is 6.20 Å². The Bertz CT molecular complexity index is 506. The second-order valence-corrected chi connectivity index (χ2v) is 4.70. The van der Waals surface area contributed by atoms with Crippen molar-refractivity contribution in [3.63, 3.8) is 0 Å². The number of likely N-dealkylation sites (tertiary alicyclic amines) is 1. The maximum atomic E-state index is 13.4. The molecule has 18 heavy (non-hydrogen) atoms. The van der Waals surface area contributed by atoms with Crippen LogP contribution < -0.4 is 0 Å². The quantitative estimate of drug-likeness (QED) is 0.857. The number of carboxylic acids is 1. The monoisotopic (exact) mass is 252 g/mol. The average Bonchev–Trinajstić information content (AvgIpc) is 2.73. The van der Waals surface area contributed by atoms with E-state index >= 15 is 0 Å². The van der Waals surface area contributed by atoms with Crippen LogP contribution in [0.3, 0.4) is 0 Å². The number of aromatic nitrogens is 1. The number of halogens is 1. The average molecular weight is 252 g/mol. The van der Waals surface area contributed by atoms with Crippen LogP contribution in [0.1, 0.15) is 23.7 Å². The van der Waals surface area contributed by atoms with E-state index in [1.165, 1.54) is 17.2 Å². The molecule has 0 unspecified atom stereocenters. The van der Waals surface area contributed by atoms with E-state index in [0.29, 0.717) is 13.0 Å². The predicted molar refractivity (Wildman–Crippen MR) is 60.5 cm³/mol. The number of aliphatic carboxylic acids is 1. The summed E-state index contributed by atoms with van der Waals surface area (Å²) in [5.41, 5.74) is -1.02. The van der Waals surface area contributed by atoms with Crippen LogP contribution in [-0.4, -0.2) is 40.0 Å². The van der Waals surface area contributed by atoms with Gasteiger partial charge in [-0.15, -0.1) is 0 Å². The summed E-state index contributed by atoms with van der Waals surface area (Å²) < 4.78 is 13.4. The summed E-state index contributed by atoms with van der Waals surface area (Å²) in [5, 5.41) is 9.08. The third-order valence-electron chi connectivity index (χ3n) is 3.28. The van der Waals surface area contributed by atoms with Gasteiger partial charge in [0.1, 0.15) is 0 Å². The molecule has 0 radical (unpaired) electrons. The first-order valence-electron chi connectivity index (χ1n) is 5.56. The van der Waals surface area contributed by atoms with Crippen molar-refractivity contribution >= 4 is 11.9 Å². The summed E-state index contributed by atoms with van der Waals surface area (Å²) in [5.74, 6) is -2.11. The lowest BCUT2D eigenvalue weighted by atomic mass is 9.90. The molecule has 0 spiro atoms. The molecule has 1 aromatic rings. The molecule has 96 valence electrons. The fraction of sp³-hybridized carbons (Fsp3) is 0.417. The maximum Gasteiger partial charge on any atom is 0.311 e. The van der Waals surface area contributed by atoms with Gasteiger partial charge in [0, 0.05) is 19.3 Å². The number of pyridine rings is 1. The van der Waals surface area contributed by atoms with E-state index in [-0.39, 0.29) is 12.1 Å². The molecule has 1 aromatic heterocycles. The lowest BCUT2D eigenvalue weighted by molar-refractivity contribution is -0.147. The third kappa shape index (κ3) is 2.05. The predicted octanol–water partition coefficient (Wildman–Crippen LogP) is 1.16. The fourth-order valence-corrected chi connectivity index (χ4v) is 2.03. The molecule has 2 heterocycles. The van der Waals surface area contributed by atoms with Crippen LogP contribution >= 0.6 is 0 Å². The Morgan fingerprint density at radius 1 is 1.56 bits per heavy atom. The molecule has 1 saturated heterocycles. The van der Waals surface area contributed by atoms with Crippen LogP contribution in [0, 0.1) is 11.2 Å². The van der Waals surface area contributed by atoms with Gasteiger partial charge in [-0.1, -0.05) is 0 Å². The molecule has 1 fully saturated rings. The molecule has 1 N–H and O–H groups in total. The van der Waals surface area contributed by atoms with Gasteiger partial charge in [-0.3, -0.25) is 14.6 Å². The maximum absolute atomic E-state index is 13.4. The highest BCUT2D eigenvalue weighted by Crippen LogP contribution is 2.31. The van der Waals surface area contributed by atoms with Crippen LogP contribution in [0.4, 0.5) is 4.39 Å². The Labute approximate surface area is 103 Å². The van der Waals surface area contributed by atoms with Crippen LogP contribution in [-0.2, 0) is 4.79 Å². The van der Waals surface area contributed by atoms with E-state index in [4.69, 9.17) is 5.11 Å². The van der Waals surface area contributed by atoms with Crippen molar-refractivity contribution in [2.24, 2.45) is 5.41 Å². The highest BCUT2D eigenvalue weighted by Gasteiger charge is 2.42. The van der Waals surface area contributed by atoms with Gasteiger partial charge >= 0.3 is 5.97 Å². The van der Waals surface area contributed by atoms with Crippen molar-refractivity contribution < 1.29 is 19.1 Å². The molecule has 1 aliphatic heterocycles. The number of rotatable bonds is 2. The number of hydrogen-bond donors (Lipinski definition) is 1. The molecule has 1 atom stereocenters. The second kappa shape index (κ2) is 4.36. The van der Waals surface area contributed by atoms with Gasteiger partial charge in [0.05, 0.1) is 17.2 Å². The van der Waals surface area contributed by atoms with E-state index in [9.17, 15) is 14.0 Å². The third-order valence-corrected chi connectivity index (χ3v) is 3.28. The molecule has 0 saturated carbocycles. The van der Waals surface area contributed by atoms with Crippen LogP contribution in [0.25, 0.3) is 0 Å². The molecule has 2 rings (SSSR count). The first-order chi connectivity index (χ1) is 8.44. The first-order valence-corrected chi connectivity index (χ1v) is 5.56. The van der Waals surface area contributed by atoms with Crippen molar-refractivity contribution in [3.05, 3.63) is 29.8 Å². The summed E-state index contributed by atoms with van der Waals surface area (Å²) in [4.78, 5) is 28.1. The highest BCUT2D eigenvalue weighted by atomic mass is 19.1. The molecule has 0 bridgehead atoms. The molecule has 1 aliphatic rings. The summed E-state index contributed by atoms with van der Waals surface area (Å²) in [6.07, 6.45) is 2.68. The zero-order valence-corrected chi connectivity index (χ0v) is 9.89. The molecule has 5 nitrogen and oxygen atoms in total. The summed E-state index contributed by atoms with van der Waals surface area (Å²) in [7, 11) is 0. The van der Waals surface area contributed by atoms with Crippen molar-refractivity contribution in [2.45, 2.75) is 13.3 Å². The molecular weight excluding hydrogens is 239 g/mol. The SMILES string of the molecule is C[C@@]1(C(=O)O)CCN(C(=O)c2ccncc2F)C1. The Kier molecular flexibility index (Phi) is 3.02. The minimum absolute atomic E-state index is 0.0698. The van der Waals surface area contributed by atoms with Gasteiger partial charge < -0.3 is 10.0 Å². The fourth-order valence-electron chi connectivity index (χ4n) is 2.03. The van der Waals surface area contributed by atoms with Gasteiger partial charge in [-0.2, -0.15) is 0 Å². The van der Waals surface area contributed by atoms with Crippen molar-refractivity contribution in [2.75, 3.05) is 13.1 Å². The molecular formula is C12H13FN2O3. The van der Waals surface area contributed by atoms with Crippen LogP contribution in [0.5, 0.6) is 0 Å². The number of carboxylic acid groups (broad SMARTS) is 1. The molecule has 0 aromatic carbocycles. The van der Waals surface area contributed by atoms with E-state index in [1.807, 2.05) is 0 Å². The standard InChI is InChI=1S/C12H13FN2O3/c1-12(11(17)18)3-5-15(7-12)10(16)8-2-4-14-6-9(8)13/h2,4,6H,3,5,7H2,1H3,(H,17,18)/t12-/m1/s1. The van der Waals surface area contributed by atoms with Gasteiger partial charge in [-0.25, -0.2) is 4.39 Å². The van der Waals surface area contributed by atoms with E-state index in [1.54, 1.807) is 6.92 Å². The van der Waals surface area contributed by atoms with Gasteiger partial charge in [0.2, 0.25) is 0 Å². The highest BCUT2D eigenvalue weighted by molar-refractivity contribution is 5.95. The minimum atomic E-state index is -0.945. The number of amides is 1. The summed E-state index contributed by atoms with van der Waals surface area (Å²) >= 11 is 0. The number of nitrogens with zero attached hydrogens (tertiary/aromatic N) is 2. The van der Waals surface area contributed by atoms with Gasteiger partial charge in [0.15, 0.2) is 5.82 Å².